The number of aromatic nitrogens is 2. The summed E-state index contributed by atoms with van der Waals surface area (Å²) in [5.74, 6) is 0.475. The van der Waals surface area contributed by atoms with Crippen molar-refractivity contribution in [2.45, 2.75) is 56.9 Å². The third-order valence-electron chi connectivity index (χ3n) is 5.28. The van der Waals surface area contributed by atoms with Crippen LogP contribution in [0.4, 0.5) is 0 Å². The molecule has 116 valence electrons. The van der Waals surface area contributed by atoms with Crippen molar-refractivity contribution in [1.82, 2.24) is 10.2 Å². The maximum atomic E-state index is 6.65. The minimum Gasteiger partial charge on any atom is -0.328 e. The molecule has 0 saturated heterocycles. The Hall–Kier alpha value is -1.32. The molecule has 0 amide bonds. The minimum atomic E-state index is 0.356. The average molecular weight is 316 g/mol. The third-order valence-corrected chi connectivity index (χ3v) is 5.67. The highest BCUT2D eigenvalue weighted by Gasteiger charge is 2.25. The zero-order valence-corrected chi connectivity index (χ0v) is 13.5. The lowest BCUT2D eigenvalue weighted by Gasteiger charge is -2.25. The number of nitrogens with zero attached hydrogens (tertiary/aromatic N) is 1. The standard InChI is InChI=1S/C18H22ClN3/c19-16-17(12-6-8-15(20)9-7-12)21-22-18(16)14-5-4-11-2-1-3-13(11)10-14/h4-5,10,12,15H,1-3,6-9,20H2,(H,21,22). The van der Waals surface area contributed by atoms with E-state index in [1.165, 1.54) is 30.4 Å². The maximum Gasteiger partial charge on any atom is 0.111 e. The molecule has 22 heavy (non-hydrogen) atoms. The van der Waals surface area contributed by atoms with Crippen LogP contribution in [-0.4, -0.2) is 16.2 Å². The van der Waals surface area contributed by atoms with Gasteiger partial charge in [0.05, 0.1) is 10.7 Å². The molecule has 1 heterocycles. The van der Waals surface area contributed by atoms with Crippen LogP contribution in [0, 0.1) is 0 Å². The van der Waals surface area contributed by atoms with Crippen LogP contribution in [0.3, 0.4) is 0 Å². The first-order chi connectivity index (χ1) is 10.7. The van der Waals surface area contributed by atoms with Crippen LogP contribution in [0.15, 0.2) is 18.2 Å². The molecule has 0 radical (unpaired) electrons. The van der Waals surface area contributed by atoms with E-state index < -0.39 is 0 Å². The number of rotatable bonds is 2. The Morgan fingerprint density at radius 1 is 1.09 bits per heavy atom. The van der Waals surface area contributed by atoms with Gasteiger partial charge in [-0.15, -0.1) is 0 Å². The first-order valence-electron chi connectivity index (χ1n) is 8.34. The fraction of sp³-hybridized carbons (Fsp3) is 0.500. The van der Waals surface area contributed by atoms with Crippen LogP contribution in [0.2, 0.25) is 5.02 Å². The molecule has 4 heteroatoms. The van der Waals surface area contributed by atoms with Gasteiger partial charge in [0.25, 0.3) is 0 Å². The number of nitrogens with one attached hydrogen (secondary N) is 1. The van der Waals surface area contributed by atoms with Crippen molar-refractivity contribution in [2.75, 3.05) is 0 Å². The lowest BCUT2D eigenvalue weighted by Crippen LogP contribution is -2.25. The van der Waals surface area contributed by atoms with Gasteiger partial charge in [0.15, 0.2) is 0 Å². The maximum absolute atomic E-state index is 6.65. The molecule has 0 aliphatic heterocycles. The van der Waals surface area contributed by atoms with E-state index in [4.69, 9.17) is 17.3 Å². The predicted molar refractivity (Wildman–Crippen MR) is 90.2 cm³/mol. The summed E-state index contributed by atoms with van der Waals surface area (Å²) in [6, 6.07) is 7.02. The van der Waals surface area contributed by atoms with E-state index in [2.05, 4.69) is 28.4 Å². The van der Waals surface area contributed by atoms with Gasteiger partial charge in [-0.2, -0.15) is 5.10 Å². The molecule has 2 aliphatic carbocycles. The summed E-state index contributed by atoms with van der Waals surface area (Å²) in [7, 11) is 0. The summed E-state index contributed by atoms with van der Waals surface area (Å²) >= 11 is 6.65. The van der Waals surface area contributed by atoms with Gasteiger partial charge in [0.2, 0.25) is 0 Å². The lowest BCUT2D eigenvalue weighted by atomic mass is 9.84. The van der Waals surface area contributed by atoms with Gasteiger partial charge in [-0.1, -0.05) is 23.7 Å². The highest BCUT2D eigenvalue weighted by atomic mass is 35.5. The number of hydrogen-bond acceptors (Lipinski definition) is 2. The number of hydrogen-bond donors (Lipinski definition) is 2. The fourth-order valence-corrected chi connectivity index (χ4v) is 4.28. The Morgan fingerprint density at radius 3 is 2.68 bits per heavy atom. The number of aryl methyl sites for hydroxylation is 2. The van der Waals surface area contributed by atoms with Crippen molar-refractivity contribution < 1.29 is 0 Å². The van der Waals surface area contributed by atoms with Crippen LogP contribution >= 0.6 is 11.6 Å². The zero-order chi connectivity index (χ0) is 15.1. The number of benzene rings is 1. The van der Waals surface area contributed by atoms with Crippen molar-refractivity contribution in [3.63, 3.8) is 0 Å². The largest absolute Gasteiger partial charge is 0.328 e. The second-order valence-electron chi connectivity index (χ2n) is 6.75. The van der Waals surface area contributed by atoms with Gasteiger partial charge in [0.1, 0.15) is 5.69 Å². The molecule has 0 unspecified atom stereocenters. The zero-order valence-electron chi connectivity index (χ0n) is 12.7. The van der Waals surface area contributed by atoms with E-state index in [9.17, 15) is 0 Å². The second kappa shape index (κ2) is 5.71. The average Bonchev–Trinajstić information content (AvgIpc) is 3.14. The van der Waals surface area contributed by atoms with Gasteiger partial charge in [-0.3, -0.25) is 5.10 Å². The van der Waals surface area contributed by atoms with E-state index in [1.54, 1.807) is 0 Å². The topological polar surface area (TPSA) is 54.7 Å². The Balaban J connectivity index is 1.63. The lowest BCUT2D eigenvalue weighted by molar-refractivity contribution is 0.390. The summed E-state index contributed by atoms with van der Waals surface area (Å²) in [5.41, 5.74) is 12.1. The second-order valence-corrected chi connectivity index (χ2v) is 7.13. The van der Waals surface area contributed by atoms with Crippen molar-refractivity contribution >= 4 is 11.6 Å². The summed E-state index contributed by atoms with van der Waals surface area (Å²) in [6.07, 6.45) is 8.01. The molecule has 1 aromatic heterocycles. The predicted octanol–water partition coefficient (Wildman–Crippen LogP) is 4.20. The monoisotopic (exact) mass is 315 g/mol. The molecule has 1 fully saturated rings. The molecule has 3 nitrogen and oxygen atoms in total. The molecule has 1 saturated carbocycles. The van der Waals surface area contributed by atoms with Crippen molar-refractivity contribution in [1.29, 1.82) is 0 Å². The number of nitrogens with two attached hydrogens (primary N) is 1. The molecule has 0 spiro atoms. The van der Waals surface area contributed by atoms with Crippen LogP contribution in [0.1, 0.15) is 54.8 Å². The van der Waals surface area contributed by atoms with E-state index in [0.29, 0.717) is 12.0 Å². The molecule has 1 aromatic carbocycles. The molecule has 3 N–H and O–H groups in total. The quantitative estimate of drug-likeness (QED) is 0.872. The summed E-state index contributed by atoms with van der Waals surface area (Å²) in [5, 5.41) is 8.52. The first kappa shape index (κ1) is 14.3. The molecule has 0 bridgehead atoms. The van der Waals surface area contributed by atoms with Crippen molar-refractivity contribution in [3.05, 3.63) is 40.0 Å². The third kappa shape index (κ3) is 2.46. The normalized spacial score (nSPS) is 24.5. The van der Waals surface area contributed by atoms with Gasteiger partial charge in [0, 0.05) is 17.5 Å². The van der Waals surface area contributed by atoms with Gasteiger partial charge < -0.3 is 5.73 Å². The number of fused-ring (bicyclic) bond motifs is 1. The molecular weight excluding hydrogens is 294 g/mol. The summed E-state index contributed by atoms with van der Waals surface area (Å²) in [4.78, 5) is 0. The smallest absolute Gasteiger partial charge is 0.111 e. The Bertz CT molecular complexity index is 684. The summed E-state index contributed by atoms with van der Waals surface area (Å²) in [6.45, 7) is 0. The highest BCUT2D eigenvalue weighted by molar-refractivity contribution is 6.33. The van der Waals surface area contributed by atoms with Crippen LogP contribution in [-0.2, 0) is 12.8 Å². The molecule has 4 rings (SSSR count). The first-order valence-corrected chi connectivity index (χ1v) is 8.71. The van der Waals surface area contributed by atoms with Gasteiger partial charge in [-0.25, -0.2) is 0 Å². The van der Waals surface area contributed by atoms with E-state index in [1.807, 2.05) is 0 Å². The Kier molecular flexibility index (Phi) is 3.71. The number of aromatic amines is 1. The van der Waals surface area contributed by atoms with Crippen LogP contribution < -0.4 is 5.73 Å². The molecular formula is C18H22ClN3. The highest BCUT2D eigenvalue weighted by Crippen LogP contribution is 2.39. The minimum absolute atomic E-state index is 0.356. The van der Waals surface area contributed by atoms with E-state index >= 15 is 0 Å². The van der Waals surface area contributed by atoms with Crippen LogP contribution in [0.25, 0.3) is 11.3 Å². The van der Waals surface area contributed by atoms with Crippen molar-refractivity contribution in [3.8, 4) is 11.3 Å². The molecule has 0 atom stereocenters. The number of H-pyrrole nitrogens is 1. The fourth-order valence-electron chi connectivity index (χ4n) is 3.93. The van der Waals surface area contributed by atoms with Gasteiger partial charge >= 0.3 is 0 Å². The van der Waals surface area contributed by atoms with E-state index in [-0.39, 0.29) is 0 Å². The van der Waals surface area contributed by atoms with Crippen molar-refractivity contribution in [2.24, 2.45) is 5.73 Å². The van der Waals surface area contributed by atoms with Crippen LogP contribution in [0.5, 0.6) is 0 Å². The molecule has 2 aliphatic rings. The summed E-state index contributed by atoms with van der Waals surface area (Å²) < 4.78 is 0. The Morgan fingerprint density at radius 2 is 1.86 bits per heavy atom. The number of halogens is 1. The Labute approximate surface area is 136 Å². The van der Waals surface area contributed by atoms with Gasteiger partial charge in [-0.05, 0) is 62.1 Å². The van der Waals surface area contributed by atoms with E-state index in [0.717, 1.165) is 47.7 Å². The SMILES string of the molecule is NC1CCC(c2[nH]nc(-c3ccc4c(c3)CCC4)c2Cl)CC1. The molecule has 2 aromatic rings.